The zero-order chi connectivity index (χ0) is 20.5. The van der Waals surface area contributed by atoms with Crippen molar-refractivity contribution in [2.24, 2.45) is 4.99 Å². The Labute approximate surface area is 181 Å². The predicted molar refractivity (Wildman–Crippen MR) is 122 cm³/mol. The monoisotopic (exact) mass is 420 g/mol. The van der Waals surface area contributed by atoms with Gasteiger partial charge in [0.1, 0.15) is 0 Å². The van der Waals surface area contributed by atoms with Gasteiger partial charge in [-0.15, -0.1) is 0 Å². The van der Waals surface area contributed by atoms with Gasteiger partial charge in [-0.05, 0) is 57.2 Å². The molecule has 3 rings (SSSR count). The van der Waals surface area contributed by atoms with Crippen molar-refractivity contribution in [1.29, 1.82) is 0 Å². The molecule has 5 nitrogen and oxygen atoms in total. The Bertz CT molecular complexity index is 652. The molecule has 2 heterocycles. The zero-order valence-electron chi connectivity index (χ0n) is 18.1. The predicted octanol–water partition coefficient (Wildman–Crippen LogP) is 3.82. The summed E-state index contributed by atoms with van der Waals surface area (Å²) in [5, 5.41) is 7.98. The molecule has 0 saturated carbocycles. The van der Waals surface area contributed by atoms with E-state index in [1.54, 1.807) is 0 Å². The molecule has 0 aliphatic carbocycles. The lowest BCUT2D eigenvalue weighted by molar-refractivity contribution is 0.0531. The second-order valence-electron chi connectivity index (χ2n) is 8.33. The van der Waals surface area contributed by atoms with Gasteiger partial charge in [0.05, 0.1) is 6.54 Å². The SMILES string of the molecule is CCCN1CCC(NC(=NCC2(c3ccccc3Cl)CCOCC2)NCC)CC1. The van der Waals surface area contributed by atoms with Crippen LogP contribution in [0.2, 0.25) is 5.02 Å². The van der Waals surface area contributed by atoms with Gasteiger partial charge in [-0.2, -0.15) is 0 Å². The summed E-state index contributed by atoms with van der Waals surface area (Å²) in [6.45, 7) is 11.1. The van der Waals surface area contributed by atoms with E-state index < -0.39 is 0 Å². The van der Waals surface area contributed by atoms with Crippen LogP contribution in [-0.4, -0.2) is 62.8 Å². The van der Waals surface area contributed by atoms with Crippen molar-refractivity contribution in [3.05, 3.63) is 34.9 Å². The van der Waals surface area contributed by atoms with E-state index in [0.717, 1.165) is 50.1 Å². The van der Waals surface area contributed by atoms with Crippen molar-refractivity contribution in [3.8, 4) is 0 Å². The van der Waals surface area contributed by atoms with Gasteiger partial charge in [0.25, 0.3) is 0 Å². The molecule has 0 radical (unpaired) electrons. The highest BCUT2D eigenvalue weighted by Gasteiger charge is 2.36. The van der Waals surface area contributed by atoms with Gasteiger partial charge in [0, 0.05) is 49.3 Å². The Hall–Kier alpha value is -1.30. The van der Waals surface area contributed by atoms with Crippen LogP contribution in [0.25, 0.3) is 0 Å². The Morgan fingerprint density at radius 1 is 1.21 bits per heavy atom. The minimum absolute atomic E-state index is 0.0521. The van der Waals surface area contributed by atoms with Crippen LogP contribution in [0.15, 0.2) is 29.3 Å². The second-order valence-corrected chi connectivity index (χ2v) is 8.74. The van der Waals surface area contributed by atoms with Gasteiger partial charge < -0.3 is 20.3 Å². The smallest absolute Gasteiger partial charge is 0.191 e. The van der Waals surface area contributed by atoms with Gasteiger partial charge in [-0.1, -0.05) is 36.7 Å². The van der Waals surface area contributed by atoms with Gasteiger partial charge in [-0.25, -0.2) is 0 Å². The lowest BCUT2D eigenvalue weighted by Crippen LogP contribution is -2.49. The molecule has 0 atom stereocenters. The molecule has 1 aromatic rings. The topological polar surface area (TPSA) is 48.9 Å². The van der Waals surface area contributed by atoms with Gasteiger partial charge in [0.2, 0.25) is 0 Å². The summed E-state index contributed by atoms with van der Waals surface area (Å²) in [5.41, 5.74) is 1.15. The fourth-order valence-corrected chi connectivity index (χ4v) is 4.86. The van der Waals surface area contributed by atoms with E-state index in [1.165, 1.54) is 44.5 Å². The first-order chi connectivity index (χ1) is 14.2. The van der Waals surface area contributed by atoms with Crippen molar-refractivity contribution in [1.82, 2.24) is 15.5 Å². The zero-order valence-corrected chi connectivity index (χ0v) is 18.8. The van der Waals surface area contributed by atoms with Crippen LogP contribution in [0.4, 0.5) is 0 Å². The number of likely N-dealkylation sites (tertiary alicyclic amines) is 1. The molecule has 0 aromatic heterocycles. The minimum atomic E-state index is -0.0521. The van der Waals surface area contributed by atoms with E-state index in [4.69, 9.17) is 21.3 Å². The van der Waals surface area contributed by atoms with Crippen molar-refractivity contribution >= 4 is 17.6 Å². The highest BCUT2D eigenvalue weighted by Crippen LogP contribution is 2.38. The van der Waals surface area contributed by atoms with Crippen molar-refractivity contribution in [2.45, 2.75) is 57.4 Å². The first-order valence-corrected chi connectivity index (χ1v) is 11.6. The van der Waals surface area contributed by atoms with Crippen LogP contribution in [0.1, 0.15) is 51.5 Å². The summed E-state index contributed by atoms with van der Waals surface area (Å²) in [6.07, 6.45) is 5.49. The summed E-state index contributed by atoms with van der Waals surface area (Å²) in [6, 6.07) is 8.72. The number of aliphatic imine (C=N–C) groups is 1. The number of guanidine groups is 1. The average Bonchev–Trinajstić information content (AvgIpc) is 2.75. The standard InChI is InChI=1S/C23H37ClN4O/c1-3-13-28-14-9-19(10-15-28)27-22(25-4-2)26-18-23(11-16-29-17-12-23)20-7-5-6-8-21(20)24/h5-8,19H,3-4,9-18H2,1-2H3,(H2,25,26,27). The average molecular weight is 421 g/mol. The molecule has 29 heavy (non-hydrogen) atoms. The molecule has 2 saturated heterocycles. The molecule has 2 aliphatic heterocycles. The van der Waals surface area contributed by atoms with Crippen LogP contribution >= 0.6 is 11.6 Å². The van der Waals surface area contributed by atoms with Crippen molar-refractivity contribution in [3.63, 3.8) is 0 Å². The fourth-order valence-electron chi connectivity index (χ4n) is 4.53. The van der Waals surface area contributed by atoms with E-state index in [1.807, 2.05) is 12.1 Å². The molecular formula is C23H37ClN4O. The maximum Gasteiger partial charge on any atom is 0.191 e. The third-order valence-electron chi connectivity index (χ3n) is 6.25. The Morgan fingerprint density at radius 2 is 1.93 bits per heavy atom. The number of benzene rings is 1. The second kappa shape index (κ2) is 11.2. The maximum atomic E-state index is 6.59. The fraction of sp³-hybridized carbons (Fsp3) is 0.696. The van der Waals surface area contributed by atoms with Crippen molar-refractivity contribution in [2.75, 3.05) is 45.9 Å². The normalized spacial score (nSPS) is 21.1. The number of hydrogen-bond donors (Lipinski definition) is 2. The van der Waals surface area contributed by atoms with Gasteiger partial charge in [0.15, 0.2) is 5.96 Å². The first kappa shape index (κ1) is 22.4. The number of piperidine rings is 1. The molecular weight excluding hydrogens is 384 g/mol. The Morgan fingerprint density at radius 3 is 2.59 bits per heavy atom. The number of rotatable bonds is 7. The molecule has 162 valence electrons. The summed E-state index contributed by atoms with van der Waals surface area (Å²) in [7, 11) is 0. The van der Waals surface area contributed by atoms with Crippen LogP contribution in [0.3, 0.4) is 0 Å². The molecule has 1 aromatic carbocycles. The number of nitrogens with one attached hydrogen (secondary N) is 2. The maximum absolute atomic E-state index is 6.59. The number of ether oxygens (including phenoxy) is 1. The molecule has 0 spiro atoms. The van der Waals surface area contributed by atoms with Crippen LogP contribution in [-0.2, 0) is 10.2 Å². The Kier molecular flexibility index (Phi) is 8.64. The van der Waals surface area contributed by atoms with E-state index in [-0.39, 0.29) is 5.41 Å². The number of nitrogens with zero attached hydrogens (tertiary/aromatic N) is 2. The van der Waals surface area contributed by atoms with Crippen LogP contribution in [0, 0.1) is 0 Å². The third-order valence-corrected chi connectivity index (χ3v) is 6.58. The Balaban J connectivity index is 1.69. The molecule has 0 unspecified atom stereocenters. The van der Waals surface area contributed by atoms with Crippen molar-refractivity contribution < 1.29 is 4.74 Å². The van der Waals surface area contributed by atoms with Gasteiger partial charge in [-0.3, -0.25) is 4.99 Å². The lowest BCUT2D eigenvalue weighted by Gasteiger charge is -2.37. The summed E-state index contributed by atoms with van der Waals surface area (Å²) >= 11 is 6.59. The number of hydrogen-bond acceptors (Lipinski definition) is 3. The molecule has 0 amide bonds. The lowest BCUT2D eigenvalue weighted by atomic mass is 9.74. The molecule has 2 fully saturated rings. The van der Waals surface area contributed by atoms with E-state index in [9.17, 15) is 0 Å². The highest BCUT2D eigenvalue weighted by molar-refractivity contribution is 6.31. The van der Waals surface area contributed by atoms with E-state index in [2.05, 4.69) is 41.5 Å². The van der Waals surface area contributed by atoms with Crippen LogP contribution < -0.4 is 10.6 Å². The highest BCUT2D eigenvalue weighted by atomic mass is 35.5. The quantitative estimate of drug-likeness (QED) is 0.520. The molecule has 6 heteroatoms. The van der Waals surface area contributed by atoms with E-state index >= 15 is 0 Å². The third kappa shape index (κ3) is 6.09. The summed E-state index contributed by atoms with van der Waals surface area (Å²) < 4.78 is 5.66. The van der Waals surface area contributed by atoms with Gasteiger partial charge >= 0.3 is 0 Å². The molecule has 2 N–H and O–H groups in total. The molecule has 2 aliphatic rings. The first-order valence-electron chi connectivity index (χ1n) is 11.3. The largest absolute Gasteiger partial charge is 0.381 e. The van der Waals surface area contributed by atoms with E-state index in [0.29, 0.717) is 6.04 Å². The minimum Gasteiger partial charge on any atom is -0.381 e. The summed E-state index contributed by atoms with van der Waals surface area (Å²) in [4.78, 5) is 7.61. The molecule has 0 bridgehead atoms. The number of halogens is 1. The summed E-state index contributed by atoms with van der Waals surface area (Å²) in [5.74, 6) is 0.930. The van der Waals surface area contributed by atoms with Crippen LogP contribution in [0.5, 0.6) is 0 Å².